The second-order valence-electron chi connectivity index (χ2n) is 4.58. The van der Waals surface area contributed by atoms with Crippen LogP contribution in [0.25, 0.3) is 0 Å². The van der Waals surface area contributed by atoms with Crippen molar-refractivity contribution in [3.05, 3.63) is 0 Å². The first-order valence-electron chi connectivity index (χ1n) is 6.44. The maximum atomic E-state index is 10.3. The minimum Gasteiger partial charge on any atom is -0.396 e. The van der Waals surface area contributed by atoms with Gasteiger partial charge in [-0.3, -0.25) is 0 Å². The van der Waals surface area contributed by atoms with Gasteiger partial charge in [0.05, 0.1) is 12.2 Å². The Balaban J connectivity index is 4.51. The molecule has 0 aliphatic carbocycles. The van der Waals surface area contributed by atoms with Gasteiger partial charge in [-0.05, 0) is 38.5 Å². The second kappa shape index (κ2) is 9.66. The molecule has 0 aromatic rings. The van der Waals surface area contributed by atoms with Crippen molar-refractivity contribution in [2.75, 3.05) is 19.8 Å². The lowest BCUT2D eigenvalue weighted by Crippen LogP contribution is -2.52. The van der Waals surface area contributed by atoms with Crippen LogP contribution in [0, 0.1) is 0 Å². The van der Waals surface area contributed by atoms with E-state index in [4.69, 9.17) is 15.3 Å². The van der Waals surface area contributed by atoms with Crippen molar-refractivity contribution in [3.63, 3.8) is 0 Å². The van der Waals surface area contributed by atoms with Crippen LogP contribution in [0.3, 0.4) is 0 Å². The van der Waals surface area contributed by atoms with Crippen LogP contribution in [0.2, 0.25) is 0 Å². The van der Waals surface area contributed by atoms with Crippen LogP contribution in [0.5, 0.6) is 0 Å². The summed E-state index contributed by atoms with van der Waals surface area (Å²) in [6.07, 6.45) is -0.783. The zero-order valence-corrected chi connectivity index (χ0v) is 10.7. The molecule has 0 aromatic carbocycles. The molecular weight excluding hydrogens is 240 g/mol. The van der Waals surface area contributed by atoms with Crippen LogP contribution in [0.4, 0.5) is 0 Å². The molecule has 6 nitrogen and oxygen atoms in total. The van der Waals surface area contributed by atoms with Gasteiger partial charge in [0.15, 0.2) is 0 Å². The summed E-state index contributed by atoms with van der Waals surface area (Å²) in [6.45, 7) is -0.412. The lowest BCUT2D eigenvalue weighted by atomic mass is 9.82. The smallest absolute Gasteiger partial charge is 0.116 e. The van der Waals surface area contributed by atoms with Crippen molar-refractivity contribution in [1.29, 1.82) is 0 Å². The van der Waals surface area contributed by atoms with Crippen LogP contribution in [-0.4, -0.2) is 68.3 Å². The minimum atomic E-state index is -1.72. The number of hydrogen-bond donors (Lipinski definition) is 6. The van der Waals surface area contributed by atoms with Gasteiger partial charge in [0.25, 0.3) is 0 Å². The summed E-state index contributed by atoms with van der Waals surface area (Å²) in [7, 11) is 0. The Hall–Kier alpha value is -0.240. The van der Waals surface area contributed by atoms with Crippen molar-refractivity contribution in [2.45, 2.75) is 56.3 Å². The van der Waals surface area contributed by atoms with Crippen LogP contribution < -0.4 is 0 Å². The van der Waals surface area contributed by atoms with Crippen LogP contribution in [-0.2, 0) is 0 Å². The zero-order chi connectivity index (χ0) is 14.0. The predicted molar refractivity (Wildman–Crippen MR) is 65.9 cm³/mol. The monoisotopic (exact) mass is 266 g/mol. The van der Waals surface area contributed by atoms with Crippen LogP contribution >= 0.6 is 0 Å². The topological polar surface area (TPSA) is 121 Å². The van der Waals surface area contributed by atoms with Gasteiger partial charge in [0, 0.05) is 19.8 Å². The van der Waals surface area contributed by atoms with Gasteiger partial charge in [-0.15, -0.1) is 0 Å². The van der Waals surface area contributed by atoms with E-state index in [0.29, 0.717) is 12.8 Å². The average molecular weight is 266 g/mol. The average Bonchev–Trinajstić information content (AvgIpc) is 2.36. The number of rotatable bonds is 11. The molecule has 0 fully saturated rings. The van der Waals surface area contributed by atoms with E-state index in [1.807, 2.05) is 0 Å². The Kier molecular flexibility index (Phi) is 9.53. The highest BCUT2D eigenvalue weighted by molar-refractivity contribution is 4.93. The summed E-state index contributed by atoms with van der Waals surface area (Å²) < 4.78 is 0. The fourth-order valence-corrected chi connectivity index (χ4v) is 1.99. The lowest BCUT2D eigenvalue weighted by Gasteiger charge is -2.37. The molecule has 3 atom stereocenters. The van der Waals surface area contributed by atoms with E-state index < -0.39 is 17.8 Å². The molecule has 0 aromatic heterocycles. The third-order valence-electron chi connectivity index (χ3n) is 3.18. The standard InChI is InChI=1S/C12H26O6/c13-7-2-1-4-10(16)12(18,6-3-8-14)11(17)5-9-15/h10-11,13-18H,1-9H2. The molecule has 0 heterocycles. The van der Waals surface area contributed by atoms with Crippen LogP contribution in [0.15, 0.2) is 0 Å². The molecule has 0 saturated carbocycles. The molecule has 18 heavy (non-hydrogen) atoms. The molecule has 6 N–H and O–H groups in total. The summed E-state index contributed by atoms with van der Waals surface area (Å²) in [5.41, 5.74) is -1.72. The molecule has 0 aliphatic heterocycles. The summed E-state index contributed by atoms with van der Waals surface area (Å²) in [5, 5.41) is 56.3. The maximum absolute atomic E-state index is 10.3. The molecule has 0 radical (unpaired) electrons. The normalized spacial score (nSPS) is 18.3. The van der Waals surface area contributed by atoms with E-state index >= 15 is 0 Å². The number of hydrogen-bond acceptors (Lipinski definition) is 6. The number of unbranched alkanes of at least 4 members (excludes halogenated alkanes) is 1. The summed E-state index contributed by atoms with van der Waals surface area (Å²) in [6, 6.07) is 0. The quantitative estimate of drug-likeness (QED) is 0.260. The van der Waals surface area contributed by atoms with Gasteiger partial charge in [-0.25, -0.2) is 0 Å². The van der Waals surface area contributed by atoms with Gasteiger partial charge in [0.1, 0.15) is 5.60 Å². The zero-order valence-electron chi connectivity index (χ0n) is 10.7. The van der Waals surface area contributed by atoms with Crippen molar-refractivity contribution in [2.24, 2.45) is 0 Å². The van der Waals surface area contributed by atoms with E-state index in [1.165, 1.54) is 0 Å². The predicted octanol–water partition coefficient (Wildman–Crippen LogP) is -1.24. The third-order valence-corrected chi connectivity index (χ3v) is 3.18. The van der Waals surface area contributed by atoms with E-state index in [-0.39, 0.29) is 45.5 Å². The second-order valence-corrected chi connectivity index (χ2v) is 4.58. The van der Waals surface area contributed by atoms with E-state index in [2.05, 4.69) is 0 Å². The van der Waals surface area contributed by atoms with Gasteiger partial charge in [-0.2, -0.15) is 0 Å². The molecule has 6 heteroatoms. The Labute approximate surface area is 108 Å². The summed E-state index contributed by atoms with van der Waals surface area (Å²) >= 11 is 0. The number of aliphatic hydroxyl groups is 6. The molecule has 3 unspecified atom stereocenters. The first kappa shape index (κ1) is 17.8. The SMILES string of the molecule is OCCCCC(O)C(O)(CCCO)C(O)CCO. The maximum Gasteiger partial charge on any atom is 0.116 e. The lowest BCUT2D eigenvalue weighted by molar-refractivity contribution is -0.158. The molecule has 0 spiro atoms. The van der Waals surface area contributed by atoms with Crippen molar-refractivity contribution < 1.29 is 30.6 Å². The molecule has 0 rings (SSSR count). The Morgan fingerprint density at radius 1 is 0.722 bits per heavy atom. The first-order chi connectivity index (χ1) is 8.52. The van der Waals surface area contributed by atoms with Gasteiger partial charge < -0.3 is 30.6 Å². The van der Waals surface area contributed by atoms with Gasteiger partial charge >= 0.3 is 0 Å². The van der Waals surface area contributed by atoms with E-state index in [9.17, 15) is 15.3 Å². The summed E-state index contributed by atoms with van der Waals surface area (Å²) in [5.74, 6) is 0. The fraction of sp³-hybridized carbons (Fsp3) is 1.00. The minimum absolute atomic E-state index is 0.0149. The molecule has 0 aliphatic rings. The molecule has 0 bridgehead atoms. The van der Waals surface area contributed by atoms with Gasteiger partial charge in [0.2, 0.25) is 0 Å². The van der Waals surface area contributed by atoms with Crippen molar-refractivity contribution in [1.82, 2.24) is 0 Å². The van der Waals surface area contributed by atoms with Crippen molar-refractivity contribution in [3.8, 4) is 0 Å². The van der Waals surface area contributed by atoms with E-state index in [1.54, 1.807) is 0 Å². The van der Waals surface area contributed by atoms with Crippen molar-refractivity contribution >= 4 is 0 Å². The highest BCUT2D eigenvalue weighted by Gasteiger charge is 2.41. The summed E-state index contributed by atoms with van der Waals surface area (Å²) in [4.78, 5) is 0. The highest BCUT2D eigenvalue weighted by atomic mass is 16.4. The molecule has 0 amide bonds. The third kappa shape index (κ3) is 5.60. The van der Waals surface area contributed by atoms with E-state index in [0.717, 1.165) is 0 Å². The van der Waals surface area contributed by atoms with Gasteiger partial charge in [-0.1, -0.05) is 0 Å². The molecule has 110 valence electrons. The fourth-order valence-electron chi connectivity index (χ4n) is 1.99. The Morgan fingerprint density at radius 3 is 1.78 bits per heavy atom. The molecular formula is C12H26O6. The van der Waals surface area contributed by atoms with Crippen LogP contribution in [0.1, 0.15) is 38.5 Å². The Bertz CT molecular complexity index is 201. The largest absolute Gasteiger partial charge is 0.396 e. The highest BCUT2D eigenvalue weighted by Crippen LogP contribution is 2.27. The molecule has 0 saturated heterocycles. The number of aliphatic hydroxyl groups excluding tert-OH is 5. The Morgan fingerprint density at radius 2 is 1.28 bits per heavy atom. The first-order valence-corrected chi connectivity index (χ1v) is 6.44.